The fourth-order valence-electron chi connectivity index (χ4n) is 3.20. The lowest BCUT2D eigenvalue weighted by Crippen LogP contribution is -2.28. The highest BCUT2D eigenvalue weighted by atomic mass is 32.1. The highest BCUT2D eigenvalue weighted by molar-refractivity contribution is 7.18. The van der Waals surface area contributed by atoms with Gasteiger partial charge in [-0.05, 0) is 38.1 Å². The molecule has 0 amide bonds. The number of likely N-dealkylation sites (N-methyl/N-ethyl adjacent to an activating group) is 1. The number of nitrogen functional groups attached to an aromatic ring is 1. The molecule has 0 fully saturated rings. The van der Waals surface area contributed by atoms with E-state index in [1.807, 2.05) is 31.2 Å². The van der Waals surface area contributed by atoms with Gasteiger partial charge in [0.15, 0.2) is 0 Å². The minimum atomic E-state index is -0.0566. The molecule has 0 radical (unpaired) electrons. The second kappa shape index (κ2) is 5.70. The molecule has 2 aromatic heterocycles. The molecule has 0 saturated heterocycles. The van der Waals surface area contributed by atoms with Crippen molar-refractivity contribution in [3.8, 4) is 5.69 Å². The number of aryl methyl sites for hydroxylation is 1. The number of hydrogen-bond acceptors (Lipinski definition) is 6. The molecule has 24 heavy (non-hydrogen) atoms. The summed E-state index contributed by atoms with van der Waals surface area (Å²) in [6, 6.07) is 7.78. The Morgan fingerprint density at radius 2 is 2.04 bits per heavy atom. The Labute approximate surface area is 143 Å². The first-order valence-corrected chi connectivity index (χ1v) is 8.69. The summed E-state index contributed by atoms with van der Waals surface area (Å²) in [5.74, 6) is 6.01. The van der Waals surface area contributed by atoms with Crippen LogP contribution in [0.1, 0.15) is 16.0 Å². The molecule has 7 heteroatoms. The third-order valence-corrected chi connectivity index (χ3v) is 5.60. The van der Waals surface area contributed by atoms with Crippen molar-refractivity contribution in [2.75, 3.05) is 19.0 Å². The predicted octanol–water partition coefficient (Wildman–Crippen LogP) is 2.03. The molecule has 3 heterocycles. The molecule has 124 valence electrons. The Kier molecular flexibility index (Phi) is 3.64. The third-order valence-electron chi connectivity index (χ3n) is 4.49. The van der Waals surface area contributed by atoms with Crippen LogP contribution in [-0.4, -0.2) is 28.0 Å². The lowest BCUT2D eigenvalue weighted by molar-refractivity contribution is 0.318. The monoisotopic (exact) mass is 341 g/mol. The van der Waals surface area contributed by atoms with Crippen LogP contribution in [0, 0.1) is 6.92 Å². The molecule has 0 saturated carbocycles. The molecule has 1 aliphatic heterocycles. The maximum Gasteiger partial charge on any atom is 0.268 e. The molecule has 3 N–H and O–H groups in total. The van der Waals surface area contributed by atoms with E-state index in [0.29, 0.717) is 5.95 Å². The maximum absolute atomic E-state index is 13.2. The fraction of sp³-hybridized carbons (Fsp3) is 0.294. The van der Waals surface area contributed by atoms with E-state index in [2.05, 4.69) is 22.4 Å². The zero-order valence-electron chi connectivity index (χ0n) is 13.7. The molecule has 4 rings (SSSR count). The van der Waals surface area contributed by atoms with Crippen molar-refractivity contribution in [3.05, 3.63) is 50.6 Å². The smallest absolute Gasteiger partial charge is 0.268 e. The molecule has 6 nitrogen and oxygen atoms in total. The van der Waals surface area contributed by atoms with Crippen molar-refractivity contribution >= 4 is 27.5 Å². The van der Waals surface area contributed by atoms with Crippen molar-refractivity contribution in [2.45, 2.75) is 19.9 Å². The van der Waals surface area contributed by atoms with Gasteiger partial charge in [-0.25, -0.2) is 15.4 Å². The number of rotatable bonds is 2. The number of benzene rings is 1. The lowest BCUT2D eigenvalue weighted by atomic mass is 10.1. The SMILES string of the molecule is Cc1ccc(-n2c(NN)nc3sc4c(c3c2=O)CCN(C)C4)cc1. The largest absolute Gasteiger partial charge is 0.301 e. The molecule has 0 bridgehead atoms. The Morgan fingerprint density at radius 3 is 2.75 bits per heavy atom. The quantitative estimate of drug-likeness (QED) is 0.551. The van der Waals surface area contributed by atoms with E-state index in [9.17, 15) is 4.79 Å². The normalized spacial score (nSPS) is 14.8. The van der Waals surface area contributed by atoms with E-state index in [-0.39, 0.29) is 5.56 Å². The molecular weight excluding hydrogens is 322 g/mol. The van der Waals surface area contributed by atoms with Crippen LogP contribution in [0.5, 0.6) is 0 Å². The molecule has 0 aliphatic carbocycles. The summed E-state index contributed by atoms with van der Waals surface area (Å²) < 4.78 is 1.56. The summed E-state index contributed by atoms with van der Waals surface area (Å²) in [6.45, 7) is 3.84. The lowest BCUT2D eigenvalue weighted by Gasteiger charge is -2.21. The minimum Gasteiger partial charge on any atom is -0.301 e. The minimum absolute atomic E-state index is 0.0566. The third kappa shape index (κ3) is 2.32. The van der Waals surface area contributed by atoms with Crippen LogP contribution in [0.2, 0.25) is 0 Å². The number of aromatic nitrogens is 2. The van der Waals surface area contributed by atoms with Crippen molar-refractivity contribution in [2.24, 2.45) is 5.84 Å². The number of fused-ring (bicyclic) bond motifs is 3. The highest BCUT2D eigenvalue weighted by Gasteiger charge is 2.24. The molecule has 1 aliphatic rings. The zero-order chi connectivity index (χ0) is 16.8. The van der Waals surface area contributed by atoms with E-state index in [1.54, 1.807) is 15.9 Å². The highest BCUT2D eigenvalue weighted by Crippen LogP contribution is 2.33. The Hall–Kier alpha value is -2.22. The van der Waals surface area contributed by atoms with Crippen LogP contribution < -0.4 is 16.8 Å². The van der Waals surface area contributed by atoms with Crippen molar-refractivity contribution in [1.82, 2.24) is 14.5 Å². The van der Waals surface area contributed by atoms with Crippen LogP contribution in [0.25, 0.3) is 15.9 Å². The Balaban J connectivity index is 2.01. The first-order chi connectivity index (χ1) is 11.6. The van der Waals surface area contributed by atoms with Gasteiger partial charge in [0.05, 0.1) is 11.1 Å². The molecular formula is C17H19N5OS. The first kappa shape index (κ1) is 15.3. The first-order valence-electron chi connectivity index (χ1n) is 7.88. The Bertz CT molecular complexity index is 973. The van der Waals surface area contributed by atoms with Crippen LogP contribution >= 0.6 is 11.3 Å². The second-order valence-electron chi connectivity index (χ2n) is 6.23. The van der Waals surface area contributed by atoms with Gasteiger partial charge in [0.2, 0.25) is 5.95 Å². The second-order valence-corrected chi connectivity index (χ2v) is 7.31. The number of nitrogens with one attached hydrogen (secondary N) is 1. The van der Waals surface area contributed by atoms with Gasteiger partial charge < -0.3 is 4.90 Å². The average Bonchev–Trinajstić information content (AvgIpc) is 2.93. The van der Waals surface area contributed by atoms with Gasteiger partial charge in [-0.15, -0.1) is 11.3 Å². The average molecular weight is 341 g/mol. The van der Waals surface area contributed by atoms with Crippen molar-refractivity contribution in [3.63, 3.8) is 0 Å². The van der Waals surface area contributed by atoms with E-state index in [4.69, 9.17) is 5.84 Å². The van der Waals surface area contributed by atoms with E-state index in [0.717, 1.165) is 46.5 Å². The Morgan fingerprint density at radius 1 is 1.29 bits per heavy atom. The maximum atomic E-state index is 13.2. The molecule has 3 aromatic rings. The van der Waals surface area contributed by atoms with Gasteiger partial charge in [0.1, 0.15) is 4.83 Å². The number of thiophene rings is 1. The van der Waals surface area contributed by atoms with Gasteiger partial charge in [-0.1, -0.05) is 17.7 Å². The topological polar surface area (TPSA) is 76.2 Å². The fourth-order valence-corrected chi connectivity index (χ4v) is 4.49. The van der Waals surface area contributed by atoms with E-state index in [1.165, 1.54) is 4.88 Å². The number of hydrogen-bond donors (Lipinski definition) is 2. The summed E-state index contributed by atoms with van der Waals surface area (Å²) in [5, 5.41) is 0.739. The van der Waals surface area contributed by atoms with Gasteiger partial charge in [0.25, 0.3) is 5.56 Å². The van der Waals surface area contributed by atoms with Crippen LogP contribution in [0.15, 0.2) is 29.1 Å². The number of nitrogens with two attached hydrogens (primary N) is 1. The number of nitrogens with zero attached hydrogens (tertiary/aromatic N) is 3. The van der Waals surface area contributed by atoms with Crippen molar-refractivity contribution < 1.29 is 0 Å². The van der Waals surface area contributed by atoms with E-state index < -0.39 is 0 Å². The summed E-state index contributed by atoms with van der Waals surface area (Å²) in [6.07, 6.45) is 0.881. The summed E-state index contributed by atoms with van der Waals surface area (Å²) >= 11 is 1.59. The van der Waals surface area contributed by atoms with Gasteiger partial charge in [0, 0.05) is 18.0 Å². The molecule has 0 atom stereocenters. The standard InChI is InChI=1S/C17H19N5OS/c1-10-3-5-11(6-4-10)22-16(23)14-12-7-8-21(2)9-13(12)24-15(14)19-17(22)20-18/h3-6H,7-9,18H2,1-2H3,(H,19,20). The van der Waals surface area contributed by atoms with Gasteiger partial charge in [-0.3, -0.25) is 10.2 Å². The summed E-state index contributed by atoms with van der Waals surface area (Å²) in [4.78, 5) is 22.1. The number of anilines is 1. The van der Waals surface area contributed by atoms with Gasteiger partial charge in [-0.2, -0.15) is 0 Å². The molecule has 0 unspecified atom stereocenters. The zero-order valence-corrected chi connectivity index (χ0v) is 14.5. The molecule has 0 spiro atoms. The van der Waals surface area contributed by atoms with Crippen molar-refractivity contribution in [1.29, 1.82) is 0 Å². The number of hydrazine groups is 1. The molecule has 1 aromatic carbocycles. The van der Waals surface area contributed by atoms with Crippen LogP contribution in [0.4, 0.5) is 5.95 Å². The van der Waals surface area contributed by atoms with E-state index >= 15 is 0 Å². The van der Waals surface area contributed by atoms with Gasteiger partial charge >= 0.3 is 0 Å². The van der Waals surface area contributed by atoms with Crippen LogP contribution in [-0.2, 0) is 13.0 Å². The summed E-state index contributed by atoms with van der Waals surface area (Å²) in [5.41, 5.74) is 5.57. The summed E-state index contributed by atoms with van der Waals surface area (Å²) in [7, 11) is 2.10. The predicted molar refractivity (Wildman–Crippen MR) is 97.8 cm³/mol. The van der Waals surface area contributed by atoms with Crippen LogP contribution in [0.3, 0.4) is 0 Å².